The van der Waals surface area contributed by atoms with E-state index in [1.807, 2.05) is 20.9 Å². The summed E-state index contributed by atoms with van der Waals surface area (Å²) in [6.45, 7) is 9.43. The molecule has 1 aliphatic rings. The summed E-state index contributed by atoms with van der Waals surface area (Å²) in [6.07, 6.45) is 10.1. The molecule has 2 nitrogen and oxygen atoms in total. The second-order valence-corrected chi connectivity index (χ2v) is 6.36. The molecule has 0 aromatic heterocycles. The Bertz CT molecular complexity index is 455. The van der Waals surface area contributed by atoms with Gasteiger partial charge >= 0.3 is 0 Å². The summed E-state index contributed by atoms with van der Waals surface area (Å²) in [5.74, 6) is 1.94. The highest BCUT2D eigenvalue weighted by atomic mass is 16.5. The molecule has 0 bridgehead atoms. The molecule has 2 rings (SSSR count). The second-order valence-electron chi connectivity index (χ2n) is 6.36. The van der Waals surface area contributed by atoms with E-state index in [1.165, 1.54) is 43.2 Å². The molecule has 0 amide bonds. The van der Waals surface area contributed by atoms with Crippen molar-refractivity contribution in [1.29, 1.82) is 0 Å². The SMILES string of the molecule is C/C=C(\CCNC)c1ccc(OC2CCC(CC)CC2)cc1.CC. The number of hydrogen-bond acceptors (Lipinski definition) is 2. The molecule has 0 atom stereocenters. The minimum Gasteiger partial charge on any atom is -0.490 e. The van der Waals surface area contributed by atoms with Crippen LogP contribution < -0.4 is 10.1 Å². The summed E-state index contributed by atoms with van der Waals surface area (Å²) >= 11 is 0. The van der Waals surface area contributed by atoms with Crippen LogP contribution in [0.15, 0.2) is 30.3 Å². The van der Waals surface area contributed by atoms with E-state index in [2.05, 4.69) is 49.5 Å². The first-order valence-electron chi connectivity index (χ1n) is 9.83. The van der Waals surface area contributed by atoms with Crippen LogP contribution >= 0.6 is 0 Å². The monoisotopic (exact) mass is 331 g/mol. The van der Waals surface area contributed by atoms with Crippen molar-refractivity contribution in [2.45, 2.75) is 72.3 Å². The number of benzene rings is 1. The van der Waals surface area contributed by atoms with Crippen LogP contribution in [0.2, 0.25) is 0 Å². The Morgan fingerprint density at radius 3 is 2.25 bits per heavy atom. The maximum Gasteiger partial charge on any atom is 0.119 e. The van der Waals surface area contributed by atoms with E-state index in [0.29, 0.717) is 6.10 Å². The van der Waals surface area contributed by atoms with E-state index < -0.39 is 0 Å². The third-order valence-electron chi connectivity index (χ3n) is 4.89. The van der Waals surface area contributed by atoms with E-state index in [0.717, 1.165) is 24.6 Å². The van der Waals surface area contributed by atoms with Gasteiger partial charge in [-0.2, -0.15) is 0 Å². The lowest BCUT2D eigenvalue weighted by molar-refractivity contribution is 0.130. The Kier molecular flexibility index (Phi) is 10.5. The lowest BCUT2D eigenvalue weighted by Crippen LogP contribution is -2.23. The molecule has 1 saturated carbocycles. The van der Waals surface area contributed by atoms with Crippen LogP contribution in [0.5, 0.6) is 5.75 Å². The lowest BCUT2D eigenvalue weighted by atomic mass is 9.86. The van der Waals surface area contributed by atoms with Gasteiger partial charge in [-0.3, -0.25) is 0 Å². The average Bonchev–Trinajstić information content (AvgIpc) is 2.66. The number of nitrogens with one attached hydrogen (secondary N) is 1. The average molecular weight is 332 g/mol. The van der Waals surface area contributed by atoms with E-state index in [4.69, 9.17) is 4.74 Å². The highest BCUT2D eigenvalue weighted by molar-refractivity contribution is 5.65. The molecule has 1 aromatic rings. The minimum absolute atomic E-state index is 0.416. The molecule has 2 heteroatoms. The predicted molar refractivity (Wildman–Crippen MR) is 107 cm³/mol. The fourth-order valence-corrected chi connectivity index (χ4v) is 3.31. The van der Waals surface area contributed by atoms with Gasteiger partial charge in [0.25, 0.3) is 0 Å². The van der Waals surface area contributed by atoms with Crippen LogP contribution in [-0.4, -0.2) is 19.7 Å². The number of rotatable bonds is 7. The second kappa shape index (κ2) is 12.1. The van der Waals surface area contributed by atoms with Gasteiger partial charge in [0.1, 0.15) is 5.75 Å². The van der Waals surface area contributed by atoms with Crippen molar-refractivity contribution in [2.24, 2.45) is 5.92 Å². The summed E-state index contributed by atoms with van der Waals surface area (Å²) < 4.78 is 6.17. The summed E-state index contributed by atoms with van der Waals surface area (Å²) in [7, 11) is 2.00. The van der Waals surface area contributed by atoms with E-state index in [1.54, 1.807) is 0 Å². The highest BCUT2D eigenvalue weighted by Crippen LogP contribution is 2.30. The van der Waals surface area contributed by atoms with Crippen molar-refractivity contribution in [3.8, 4) is 5.75 Å². The zero-order chi connectivity index (χ0) is 17.8. The zero-order valence-corrected chi connectivity index (χ0v) is 16.4. The van der Waals surface area contributed by atoms with Crippen LogP contribution in [0.4, 0.5) is 0 Å². The molecule has 1 aromatic carbocycles. The quantitative estimate of drug-likeness (QED) is 0.654. The van der Waals surface area contributed by atoms with Crippen molar-refractivity contribution < 1.29 is 4.74 Å². The fraction of sp³-hybridized carbons (Fsp3) is 0.636. The first-order chi connectivity index (χ1) is 11.8. The van der Waals surface area contributed by atoms with Gasteiger partial charge in [0, 0.05) is 0 Å². The maximum absolute atomic E-state index is 6.17. The first-order valence-corrected chi connectivity index (χ1v) is 9.83. The third kappa shape index (κ3) is 6.68. The van der Waals surface area contributed by atoms with Crippen molar-refractivity contribution in [3.05, 3.63) is 35.9 Å². The number of hydrogen-bond donors (Lipinski definition) is 1. The van der Waals surface area contributed by atoms with Crippen LogP contribution in [0, 0.1) is 5.92 Å². The molecule has 0 unspecified atom stereocenters. The van der Waals surface area contributed by atoms with Gasteiger partial charge in [-0.05, 0) is 81.8 Å². The molecule has 0 heterocycles. The minimum atomic E-state index is 0.416. The zero-order valence-electron chi connectivity index (χ0n) is 16.4. The maximum atomic E-state index is 6.17. The summed E-state index contributed by atoms with van der Waals surface area (Å²) in [6, 6.07) is 8.64. The normalized spacial score (nSPS) is 21.0. The smallest absolute Gasteiger partial charge is 0.119 e. The predicted octanol–water partition coefficient (Wildman–Crippen LogP) is 6.07. The first kappa shape index (κ1) is 20.8. The van der Waals surface area contributed by atoms with Crippen molar-refractivity contribution in [3.63, 3.8) is 0 Å². The Morgan fingerprint density at radius 2 is 1.75 bits per heavy atom. The van der Waals surface area contributed by atoms with Gasteiger partial charge in [0.15, 0.2) is 0 Å². The largest absolute Gasteiger partial charge is 0.490 e. The van der Waals surface area contributed by atoms with Gasteiger partial charge in [-0.1, -0.05) is 45.4 Å². The van der Waals surface area contributed by atoms with Crippen LogP contribution in [0.3, 0.4) is 0 Å². The molecule has 0 spiro atoms. The van der Waals surface area contributed by atoms with Crippen LogP contribution in [0.1, 0.15) is 71.8 Å². The van der Waals surface area contributed by atoms with Crippen LogP contribution in [0.25, 0.3) is 5.57 Å². The topological polar surface area (TPSA) is 21.3 Å². The molecule has 1 N–H and O–H groups in total. The summed E-state index contributed by atoms with van der Waals surface area (Å²) in [4.78, 5) is 0. The lowest BCUT2D eigenvalue weighted by Gasteiger charge is -2.28. The summed E-state index contributed by atoms with van der Waals surface area (Å²) in [5, 5.41) is 3.21. The Morgan fingerprint density at radius 1 is 1.12 bits per heavy atom. The Labute approximate surface area is 149 Å². The highest BCUT2D eigenvalue weighted by Gasteiger charge is 2.21. The standard InChI is InChI=1S/C20H31NO.C2H6/c1-4-16-6-10-19(11-7-16)22-20-12-8-18(9-13-20)17(5-2)14-15-21-3;1-2/h5,8-9,12-13,16,19,21H,4,6-7,10-11,14-15H2,1-3H3;1-2H3/b17-5+;. The van der Waals surface area contributed by atoms with Crippen LogP contribution in [-0.2, 0) is 0 Å². The molecule has 24 heavy (non-hydrogen) atoms. The Hall–Kier alpha value is -1.28. The van der Waals surface area contributed by atoms with Gasteiger partial charge in [-0.25, -0.2) is 0 Å². The molecular formula is C22H37NO. The summed E-state index contributed by atoms with van der Waals surface area (Å²) in [5.41, 5.74) is 2.70. The molecule has 0 aliphatic heterocycles. The molecule has 0 radical (unpaired) electrons. The van der Waals surface area contributed by atoms with Gasteiger partial charge in [0.2, 0.25) is 0 Å². The van der Waals surface area contributed by atoms with Crippen molar-refractivity contribution in [1.82, 2.24) is 5.32 Å². The molecular weight excluding hydrogens is 294 g/mol. The van der Waals surface area contributed by atoms with Gasteiger partial charge < -0.3 is 10.1 Å². The van der Waals surface area contributed by atoms with Crippen molar-refractivity contribution in [2.75, 3.05) is 13.6 Å². The molecule has 136 valence electrons. The third-order valence-corrected chi connectivity index (χ3v) is 4.89. The number of allylic oxidation sites excluding steroid dienone is 1. The van der Waals surface area contributed by atoms with Crippen molar-refractivity contribution >= 4 is 5.57 Å². The molecule has 1 aliphatic carbocycles. The fourth-order valence-electron chi connectivity index (χ4n) is 3.31. The van der Waals surface area contributed by atoms with Gasteiger partial charge in [-0.15, -0.1) is 0 Å². The van der Waals surface area contributed by atoms with E-state index >= 15 is 0 Å². The van der Waals surface area contributed by atoms with E-state index in [-0.39, 0.29) is 0 Å². The molecule has 0 saturated heterocycles. The van der Waals surface area contributed by atoms with E-state index in [9.17, 15) is 0 Å². The van der Waals surface area contributed by atoms with Gasteiger partial charge in [0.05, 0.1) is 6.10 Å². The molecule has 1 fully saturated rings. The Balaban J connectivity index is 0.00000139. The number of ether oxygens (including phenoxy) is 1.